The van der Waals surface area contributed by atoms with Crippen LogP contribution in [0.25, 0.3) is 6.08 Å². The molecule has 0 aliphatic heterocycles. The molecule has 1 heteroatoms. The zero-order valence-electron chi connectivity index (χ0n) is 7.23. The van der Waals surface area contributed by atoms with Gasteiger partial charge in [-0.3, -0.25) is 4.79 Å². The second-order valence-electron chi connectivity index (χ2n) is 3.11. The van der Waals surface area contributed by atoms with Crippen molar-refractivity contribution >= 4 is 11.9 Å². The van der Waals surface area contributed by atoms with Gasteiger partial charge in [0.05, 0.1) is 0 Å². The lowest BCUT2D eigenvalue weighted by molar-refractivity contribution is -0.113. The molecule has 1 aliphatic carbocycles. The number of allylic oxidation sites excluding steroid dienone is 3. The first-order valence-corrected chi connectivity index (χ1v) is 4.31. The zero-order chi connectivity index (χ0) is 9.10. The number of rotatable bonds is 1. The minimum Gasteiger partial charge on any atom is -0.294 e. The van der Waals surface area contributed by atoms with E-state index in [4.69, 9.17) is 0 Å². The standard InChI is InChI=1S/C12H10O/c13-12-7-6-11(9-12)8-10-4-2-1-3-5-10/h1-8H,9H2/b11-8-. The molecule has 64 valence electrons. The SMILES string of the molecule is O=C1C=C/C(=C/c2ccccc2)C1. The molecule has 0 saturated carbocycles. The summed E-state index contributed by atoms with van der Waals surface area (Å²) in [7, 11) is 0. The van der Waals surface area contributed by atoms with E-state index in [0.717, 1.165) is 11.1 Å². The van der Waals surface area contributed by atoms with Crippen molar-refractivity contribution in [3.05, 3.63) is 53.6 Å². The summed E-state index contributed by atoms with van der Waals surface area (Å²) in [5.41, 5.74) is 2.24. The summed E-state index contributed by atoms with van der Waals surface area (Å²) in [6.07, 6.45) is 6.11. The second-order valence-corrected chi connectivity index (χ2v) is 3.11. The Balaban J connectivity index is 2.23. The maximum Gasteiger partial charge on any atom is 0.160 e. The molecule has 0 radical (unpaired) electrons. The monoisotopic (exact) mass is 170 g/mol. The van der Waals surface area contributed by atoms with Gasteiger partial charge in [0, 0.05) is 6.42 Å². The molecule has 0 N–H and O–H groups in total. The predicted octanol–water partition coefficient (Wildman–Crippen LogP) is 2.60. The third kappa shape index (κ3) is 1.94. The van der Waals surface area contributed by atoms with Gasteiger partial charge >= 0.3 is 0 Å². The maximum absolute atomic E-state index is 10.9. The molecule has 1 nitrogen and oxygen atoms in total. The summed E-state index contributed by atoms with van der Waals surface area (Å²) in [6, 6.07) is 10.0. The van der Waals surface area contributed by atoms with Gasteiger partial charge in [0.1, 0.15) is 0 Å². The van der Waals surface area contributed by atoms with Crippen LogP contribution >= 0.6 is 0 Å². The molecule has 0 amide bonds. The van der Waals surface area contributed by atoms with Crippen molar-refractivity contribution < 1.29 is 4.79 Å². The molecule has 0 bridgehead atoms. The van der Waals surface area contributed by atoms with Gasteiger partial charge in [-0.05, 0) is 17.2 Å². The van der Waals surface area contributed by atoms with Crippen LogP contribution in [0.4, 0.5) is 0 Å². The van der Waals surface area contributed by atoms with Crippen molar-refractivity contribution in [2.75, 3.05) is 0 Å². The van der Waals surface area contributed by atoms with E-state index < -0.39 is 0 Å². The van der Waals surface area contributed by atoms with Crippen molar-refractivity contribution in [1.82, 2.24) is 0 Å². The van der Waals surface area contributed by atoms with E-state index in [1.807, 2.05) is 42.5 Å². The highest BCUT2D eigenvalue weighted by atomic mass is 16.1. The molecule has 13 heavy (non-hydrogen) atoms. The van der Waals surface area contributed by atoms with E-state index >= 15 is 0 Å². The highest BCUT2D eigenvalue weighted by Gasteiger charge is 2.07. The van der Waals surface area contributed by atoms with E-state index in [1.54, 1.807) is 6.08 Å². The molecule has 0 atom stereocenters. The Morgan fingerprint density at radius 2 is 1.85 bits per heavy atom. The van der Waals surface area contributed by atoms with E-state index in [2.05, 4.69) is 0 Å². The first kappa shape index (κ1) is 7.99. The molecule has 0 heterocycles. The average molecular weight is 170 g/mol. The minimum atomic E-state index is 0.196. The van der Waals surface area contributed by atoms with Gasteiger partial charge in [0.25, 0.3) is 0 Å². The molecule has 0 aromatic heterocycles. The Bertz CT molecular complexity index is 371. The van der Waals surface area contributed by atoms with Gasteiger partial charge in [0.15, 0.2) is 5.78 Å². The zero-order valence-corrected chi connectivity index (χ0v) is 7.23. The molecular weight excluding hydrogens is 160 g/mol. The second kappa shape index (κ2) is 3.40. The normalized spacial score (nSPS) is 18.5. The van der Waals surface area contributed by atoms with Gasteiger partial charge in [-0.1, -0.05) is 42.5 Å². The van der Waals surface area contributed by atoms with E-state index in [9.17, 15) is 4.79 Å². The third-order valence-electron chi connectivity index (χ3n) is 2.01. The molecule has 0 spiro atoms. The molecule has 0 saturated heterocycles. The van der Waals surface area contributed by atoms with Crippen LogP contribution in [0.5, 0.6) is 0 Å². The summed E-state index contributed by atoms with van der Waals surface area (Å²) in [5, 5.41) is 0. The van der Waals surface area contributed by atoms with Crippen LogP contribution in [0.2, 0.25) is 0 Å². The molecule has 1 aromatic rings. The van der Waals surface area contributed by atoms with Crippen LogP contribution in [-0.2, 0) is 4.79 Å². The van der Waals surface area contributed by atoms with Gasteiger partial charge in [-0.2, -0.15) is 0 Å². The van der Waals surface area contributed by atoms with E-state index in [-0.39, 0.29) is 5.78 Å². The third-order valence-corrected chi connectivity index (χ3v) is 2.01. The highest BCUT2D eigenvalue weighted by molar-refractivity contribution is 5.97. The smallest absolute Gasteiger partial charge is 0.160 e. The van der Waals surface area contributed by atoms with Crippen molar-refractivity contribution in [2.45, 2.75) is 6.42 Å². The van der Waals surface area contributed by atoms with Gasteiger partial charge < -0.3 is 0 Å². The minimum absolute atomic E-state index is 0.196. The topological polar surface area (TPSA) is 17.1 Å². The summed E-state index contributed by atoms with van der Waals surface area (Å²) < 4.78 is 0. The molecule has 2 rings (SSSR count). The van der Waals surface area contributed by atoms with Crippen LogP contribution in [0, 0.1) is 0 Å². The summed E-state index contributed by atoms with van der Waals surface area (Å²) in [4.78, 5) is 10.9. The first-order chi connectivity index (χ1) is 6.34. The number of ketones is 1. The Labute approximate surface area is 77.4 Å². The van der Waals surface area contributed by atoms with E-state index in [1.165, 1.54) is 0 Å². The Kier molecular flexibility index (Phi) is 2.09. The van der Waals surface area contributed by atoms with Crippen LogP contribution in [0.1, 0.15) is 12.0 Å². The Hall–Kier alpha value is -1.63. The van der Waals surface area contributed by atoms with Crippen LogP contribution in [0.3, 0.4) is 0 Å². The summed E-state index contributed by atoms with van der Waals surface area (Å²) >= 11 is 0. The van der Waals surface area contributed by atoms with Gasteiger partial charge in [-0.25, -0.2) is 0 Å². The van der Waals surface area contributed by atoms with Crippen LogP contribution < -0.4 is 0 Å². The fourth-order valence-corrected chi connectivity index (χ4v) is 1.38. The van der Waals surface area contributed by atoms with Crippen molar-refractivity contribution in [2.24, 2.45) is 0 Å². The quantitative estimate of drug-likeness (QED) is 0.633. The van der Waals surface area contributed by atoms with Gasteiger partial charge in [0.2, 0.25) is 0 Å². The number of carbonyl (C=O) groups excluding carboxylic acids is 1. The first-order valence-electron chi connectivity index (χ1n) is 4.31. The fourth-order valence-electron chi connectivity index (χ4n) is 1.38. The lowest BCUT2D eigenvalue weighted by atomic mass is 10.1. The van der Waals surface area contributed by atoms with Crippen molar-refractivity contribution in [3.8, 4) is 0 Å². The summed E-state index contributed by atoms with van der Waals surface area (Å²) in [5.74, 6) is 0.196. The predicted molar refractivity (Wildman–Crippen MR) is 53.2 cm³/mol. The van der Waals surface area contributed by atoms with Gasteiger partial charge in [-0.15, -0.1) is 0 Å². The Morgan fingerprint density at radius 3 is 2.46 bits per heavy atom. The molecule has 1 aromatic carbocycles. The number of benzene rings is 1. The maximum atomic E-state index is 10.9. The lowest BCUT2D eigenvalue weighted by Crippen LogP contribution is -1.84. The molecule has 1 aliphatic rings. The molecule has 0 unspecified atom stereocenters. The van der Waals surface area contributed by atoms with Crippen molar-refractivity contribution in [3.63, 3.8) is 0 Å². The molecular formula is C12H10O. The van der Waals surface area contributed by atoms with Crippen molar-refractivity contribution in [1.29, 1.82) is 0 Å². The average Bonchev–Trinajstić information content (AvgIpc) is 2.53. The van der Waals surface area contributed by atoms with Crippen LogP contribution in [-0.4, -0.2) is 5.78 Å². The Morgan fingerprint density at radius 1 is 1.08 bits per heavy atom. The number of hydrogen-bond donors (Lipinski definition) is 0. The lowest BCUT2D eigenvalue weighted by Gasteiger charge is -1.93. The van der Waals surface area contributed by atoms with E-state index in [0.29, 0.717) is 6.42 Å². The largest absolute Gasteiger partial charge is 0.294 e. The molecule has 0 fully saturated rings. The summed E-state index contributed by atoms with van der Waals surface area (Å²) in [6.45, 7) is 0. The highest BCUT2D eigenvalue weighted by Crippen LogP contribution is 2.16. The number of carbonyl (C=O) groups is 1. The fraction of sp³-hybridized carbons (Fsp3) is 0.0833. The number of hydrogen-bond acceptors (Lipinski definition) is 1. The van der Waals surface area contributed by atoms with Crippen LogP contribution in [0.15, 0.2) is 48.1 Å².